The SMILES string of the molecule is CC(=O)Nc1ccc(N2CCC(Cc3ccccc3)CC2)c(C(=O)N2CCC(C)CC2)c1. The number of hydrogen-bond donors (Lipinski definition) is 1. The summed E-state index contributed by atoms with van der Waals surface area (Å²) in [6.45, 7) is 7.28. The molecule has 2 amide bonds. The van der Waals surface area contributed by atoms with E-state index < -0.39 is 0 Å². The average Bonchev–Trinajstić information content (AvgIpc) is 2.80. The molecular weight excluding hydrogens is 398 g/mol. The standard InChI is InChI=1S/C27H35N3O2/c1-20-10-14-30(15-11-20)27(32)25-19-24(28-21(2)31)8-9-26(25)29-16-12-23(13-17-29)18-22-6-4-3-5-7-22/h3-9,19-20,23H,10-18H2,1-2H3,(H,28,31). The molecule has 0 unspecified atom stereocenters. The molecule has 5 nitrogen and oxygen atoms in total. The first-order valence-electron chi connectivity index (χ1n) is 12.0. The Labute approximate surface area is 191 Å². The smallest absolute Gasteiger partial charge is 0.256 e. The third-order valence-electron chi connectivity index (χ3n) is 6.94. The molecule has 0 saturated carbocycles. The molecule has 32 heavy (non-hydrogen) atoms. The van der Waals surface area contributed by atoms with Gasteiger partial charge >= 0.3 is 0 Å². The van der Waals surface area contributed by atoms with Crippen molar-refractivity contribution in [3.05, 3.63) is 59.7 Å². The third-order valence-corrected chi connectivity index (χ3v) is 6.94. The summed E-state index contributed by atoms with van der Waals surface area (Å²) >= 11 is 0. The molecule has 2 aliphatic heterocycles. The van der Waals surface area contributed by atoms with Gasteiger partial charge in [-0.05, 0) is 67.7 Å². The van der Waals surface area contributed by atoms with Gasteiger partial charge in [-0.3, -0.25) is 9.59 Å². The molecule has 170 valence electrons. The Morgan fingerprint density at radius 2 is 1.62 bits per heavy atom. The molecule has 0 radical (unpaired) electrons. The first-order chi connectivity index (χ1) is 15.5. The lowest BCUT2D eigenvalue weighted by atomic mass is 9.89. The van der Waals surface area contributed by atoms with Gasteiger partial charge in [0, 0.05) is 44.5 Å². The van der Waals surface area contributed by atoms with Crippen LogP contribution in [0.15, 0.2) is 48.5 Å². The van der Waals surface area contributed by atoms with Gasteiger partial charge < -0.3 is 15.1 Å². The van der Waals surface area contributed by atoms with Gasteiger partial charge in [0.2, 0.25) is 5.91 Å². The quantitative estimate of drug-likeness (QED) is 0.724. The molecule has 0 aromatic heterocycles. The highest BCUT2D eigenvalue weighted by Gasteiger charge is 2.27. The second-order valence-electron chi connectivity index (χ2n) is 9.51. The molecule has 4 rings (SSSR count). The zero-order valence-electron chi connectivity index (χ0n) is 19.3. The minimum atomic E-state index is -0.121. The molecular formula is C27H35N3O2. The first-order valence-corrected chi connectivity index (χ1v) is 12.0. The van der Waals surface area contributed by atoms with Crippen molar-refractivity contribution in [1.29, 1.82) is 0 Å². The van der Waals surface area contributed by atoms with Gasteiger partial charge in [0.05, 0.1) is 5.56 Å². The highest BCUT2D eigenvalue weighted by Crippen LogP contribution is 2.31. The minimum absolute atomic E-state index is 0.0884. The van der Waals surface area contributed by atoms with E-state index in [1.54, 1.807) is 0 Å². The van der Waals surface area contributed by atoms with Crippen LogP contribution < -0.4 is 10.2 Å². The lowest BCUT2D eigenvalue weighted by Gasteiger charge is -2.36. The third kappa shape index (κ3) is 5.50. The second kappa shape index (κ2) is 10.2. The number of carbonyl (C=O) groups is 2. The van der Waals surface area contributed by atoms with Crippen LogP contribution in [0.1, 0.15) is 55.5 Å². The monoisotopic (exact) mass is 433 g/mol. The van der Waals surface area contributed by atoms with E-state index in [0.717, 1.165) is 64.0 Å². The predicted molar refractivity (Wildman–Crippen MR) is 130 cm³/mol. The number of nitrogens with zero attached hydrogens (tertiary/aromatic N) is 2. The molecule has 2 heterocycles. The van der Waals surface area contributed by atoms with Crippen molar-refractivity contribution >= 4 is 23.2 Å². The summed E-state index contributed by atoms with van der Waals surface area (Å²) < 4.78 is 0. The number of amides is 2. The van der Waals surface area contributed by atoms with E-state index in [1.807, 2.05) is 23.1 Å². The Bertz CT molecular complexity index is 927. The van der Waals surface area contributed by atoms with E-state index >= 15 is 0 Å². The molecule has 5 heteroatoms. The second-order valence-corrected chi connectivity index (χ2v) is 9.51. The van der Waals surface area contributed by atoms with Crippen LogP contribution in [-0.2, 0) is 11.2 Å². The summed E-state index contributed by atoms with van der Waals surface area (Å²) in [5.74, 6) is 1.32. The van der Waals surface area contributed by atoms with E-state index in [9.17, 15) is 9.59 Å². The Morgan fingerprint density at radius 1 is 0.938 bits per heavy atom. The van der Waals surface area contributed by atoms with E-state index in [0.29, 0.717) is 23.1 Å². The summed E-state index contributed by atoms with van der Waals surface area (Å²) in [5.41, 5.74) is 3.81. The van der Waals surface area contributed by atoms with Crippen LogP contribution in [-0.4, -0.2) is 42.9 Å². The van der Waals surface area contributed by atoms with Crippen molar-refractivity contribution < 1.29 is 9.59 Å². The highest BCUT2D eigenvalue weighted by atomic mass is 16.2. The number of piperidine rings is 2. The normalized spacial score (nSPS) is 17.9. The summed E-state index contributed by atoms with van der Waals surface area (Å²) in [5, 5.41) is 2.85. The largest absolute Gasteiger partial charge is 0.371 e. The molecule has 0 bridgehead atoms. The average molecular weight is 434 g/mol. The van der Waals surface area contributed by atoms with Crippen LogP contribution in [0.4, 0.5) is 11.4 Å². The number of benzene rings is 2. The van der Waals surface area contributed by atoms with Gasteiger partial charge in [0.25, 0.3) is 5.91 Å². The molecule has 2 aromatic carbocycles. The first kappa shape index (κ1) is 22.4. The van der Waals surface area contributed by atoms with Crippen LogP contribution in [0.5, 0.6) is 0 Å². The molecule has 2 aliphatic rings. The van der Waals surface area contributed by atoms with Crippen molar-refractivity contribution in [3.8, 4) is 0 Å². The van der Waals surface area contributed by atoms with Crippen molar-refractivity contribution in [2.75, 3.05) is 36.4 Å². The summed E-state index contributed by atoms with van der Waals surface area (Å²) in [7, 11) is 0. The fourth-order valence-corrected chi connectivity index (χ4v) is 4.97. The van der Waals surface area contributed by atoms with Gasteiger partial charge in [-0.15, -0.1) is 0 Å². The zero-order chi connectivity index (χ0) is 22.5. The lowest BCUT2D eigenvalue weighted by molar-refractivity contribution is -0.114. The fraction of sp³-hybridized carbons (Fsp3) is 0.481. The van der Waals surface area contributed by atoms with Gasteiger partial charge in [0.15, 0.2) is 0 Å². The van der Waals surface area contributed by atoms with Crippen LogP contribution in [0, 0.1) is 11.8 Å². The number of hydrogen-bond acceptors (Lipinski definition) is 3. The van der Waals surface area contributed by atoms with Crippen LogP contribution in [0.25, 0.3) is 0 Å². The number of rotatable bonds is 5. The minimum Gasteiger partial charge on any atom is -0.371 e. The molecule has 0 spiro atoms. The molecule has 0 aliphatic carbocycles. The van der Waals surface area contributed by atoms with E-state index in [4.69, 9.17) is 0 Å². The van der Waals surface area contributed by atoms with Crippen LogP contribution >= 0.6 is 0 Å². The number of carbonyl (C=O) groups excluding carboxylic acids is 2. The van der Waals surface area contributed by atoms with E-state index in [2.05, 4.69) is 47.5 Å². The van der Waals surface area contributed by atoms with Gasteiger partial charge in [-0.25, -0.2) is 0 Å². The number of nitrogens with one attached hydrogen (secondary N) is 1. The van der Waals surface area contributed by atoms with Gasteiger partial charge in [-0.2, -0.15) is 0 Å². The zero-order valence-corrected chi connectivity index (χ0v) is 19.3. The molecule has 2 saturated heterocycles. The summed E-state index contributed by atoms with van der Waals surface area (Å²) in [6.07, 6.45) is 5.47. The number of likely N-dealkylation sites (tertiary alicyclic amines) is 1. The van der Waals surface area contributed by atoms with Gasteiger partial charge in [-0.1, -0.05) is 37.3 Å². The maximum absolute atomic E-state index is 13.5. The Balaban J connectivity index is 1.50. The maximum Gasteiger partial charge on any atom is 0.256 e. The van der Waals surface area contributed by atoms with E-state index in [1.165, 1.54) is 12.5 Å². The summed E-state index contributed by atoms with van der Waals surface area (Å²) in [4.78, 5) is 29.4. The molecule has 2 fully saturated rings. The van der Waals surface area contributed by atoms with Crippen LogP contribution in [0.3, 0.4) is 0 Å². The Morgan fingerprint density at radius 3 is 2.28 bits per heavy atom. The fourth-order valence-electron chi connectivity index (χ4n) is 4.97. The Kier molecular flexibility index (Phi) is 7.13. The summed E-state index contributed by atoms with van der Waals surface area (Å²) in [6, 6.07) is 16.5. The number of anilines is 2. The van der Waals surface area contributed by atoms with Crippen molar-refractivity contribution in [2.24, 2.45) is 11.8 Å². The highest BCUT2D eigenvalue weighted by molar-refractivity contribution is 6.02. The lowest BCUT2D eigenvalue weighted by Crippen LogP contribution is -2.40. The topological polar surface area (TPSA) is 52.7 Å². The predicted octanol–water partition coefficient (Wildman–Crippen LogP) is 4.98. The van der Waals surface area contributed by atoms with Crippen LogP contribution in [0.2, 0.25) is 0 Å². The Hall–Kier alpha value is -2.82. The van der Waals surface area contributed by atoms with Gasteiger partial charge in [0.1, 0.15) is 0 Å². The van der Waals surface area contributed by atoms with Crippen molar-refractivity contribution in [3.63, 3.8) is 0 Å². The molecule has 0 atom stereocenters. The molecule has 1 N–H and O–H groups in total. The van der Waals surface area contributed by atoms with Crippen molar-refractivity contribution in [1.82, 2.24) is 4.90 Å². The molecule has 2 aromatic rings. The van der Waals surface area contributed by atoms with E-state index in [-0.39, 0.29) is 11.8 Å². The van der Waals surface area contributed by atoms with Crippen molar-refractivity contribution in [2.45, 2.75) is 46.0 Å². The maximum atomic E-state index is 13.5.